The molecule has 0 aliphatic rings. The molecule has 0 saturated heterocycles. The van der Waals surface area contributed by atoms with E-state index in [1.165, 1.54) is 0 Å². The number of nitrogens with zero attached hydrogens (tertiary/aromatic N) is 2. The molecule has 0 atom stereocenters. The lowest BCUT2D eigenvalue weighted by Gasteiger charge is -2.22. The number of anilines is 1. The summed E-state index contributed by atoms with van der Waals surface area (Å²) in [4.78, 5) is 31.6. The summed E-state index contributed by atoms with van der Waals surface area (Å²) in [6.07, 6.45) is 2.04. The number of Topliss-reactive ketones (excluding diaryl/α,β-unsaturated/α-hetero) is 1. The molecule has 5 heteroatoms. The second-order valence-corrected chi connectivity index (χ2v) is 7.92. The van der Waals surface area contributed by atoms with Crippen LogP contribution in [0.1, 0.15) is 40.0 Å². The highest BCUT2D eigenvalue weighted by Gasteiger charge is 2.19. The first-order valence-electron chi connectivity index (χ1n) is 9.50. The van der Waals surface area contributed by atoms with Crippen molar-refractivity contribution in [3.63, 3.8) is 0 Å². The molecule has 2 aromatic carbocycles. The fraction of sp³-hybridized carbons (Fsp3) is 0.208. The van der Waals surface area contributed by atoms with Gasteiger partial charge in [0.1, 0.15) is 0 Å². The molecule has 0 unspecified atom stereocenters. The normalized spacial score (nSPS) is 10.6. The highest BCUT2D eigenvalue weighted by Crippen LogP contribution is 2.22. The molecule has 1 amide bonds. The Morgan fingerprint density at radius 2 is 1.69 bits per heavy atom. The molecule has 1 heterocycles. The minimum absolute atomic E-state index is 0.0185. The van der Waals surface area contributed by atoms with Crippen molar-refractivity contribution >= 4 is 33.3 Å². The Labute approximate surface area is 179 Å². The molecule has 0 saturated carbocycles. The lowest BCUT2D eigenvalue weighted by atomic mass is 10.0. The van der Waals surface area contributed by atoms with Gasteiger partial charge in [-0.1, -0.05) is 34.1 Å². The number of carbonyl (C=O) groups is 2. The topological polar surface area (TPSA) is 50.3 Å². The molecule has 0 aliphatic carbocycles. The lowest BCUT2D eigenvalue weighted by Crippen LogP contribution is -2.31. The van der Waals surface area contributed by atoms with Gasteiger partial charge in [0.05, 0.1) is 12.2 Å². The third-order valence-electron chi connectivity index (χ3n) is 4.88. The van der Waals surface area contributed by atoms with Gasteiger partial charge in [0, 0.05) is 34.8 Å². The van der Waals surface area contributed by atoms with Gasteiger partial charge in [-0.25, -0.2) is 0 Å². The van der Waals surface area contributed by atoms with Gasteiger partial charge >= 0.3 is 0 Å². The molecule has 0 radical (unpaired) electrons. The van der Waals surface area contributed by atoms with Gasteiger partial charge in [0.2, 0.25) is 5.91 Å². The number of aromatic nitrogens is 1. The number of pyridine rings is 1. The number of amides is 1. The quantitative estimate of drug-likeness (QED) is 0.436. The Kier molecular flexibility index (Phi) is 6.94. The Bertz CT molecular complexity index is 1000. The number of halogens is 1. The van der Waals surface area contributed by atoms with E-state index >= 15 is 0 Å². The summed E-state index contributed by atoms with van der Waals surface area (Å²) in [5, 5.41) is 0. The van der Waals surface area contributed by atoms with Crippen LogP contribution in [0, 0.1) is 13.8 Å². The molecule has 0 N–H and O–H groups in total. The maximum atomic E-state index is 13.0. The molecule has 148 valence electrons. The Morgan fingerprint density at radius 1 is 0.931 bits per heavy atom. The molecule has 3 aromatic rings. The molecule has 29 heavy (non-hydrogen) atoms. The van der Waals surface area contributed by atoms with Gasteiger partial charge in [-0.05, 0) is 67.4 Å². The fourth-order valence-corrected chi connectivity index (χ4v) is 3.28. The van der Waals surface area contributed by atoms with Crippen LogP contribution in [-0.4, -0.2) is 16.7 Å². The average molecular weight is 451 g/mol. The van der Waals surface area contributed by atoms with Crippen LogP contribution in [-0.2, 0) is 11.3 Å². The van der Waals surface area contributed by atoms with Crippen LogP contribution >= 0.6 is 15.9 Å². The summed E-state index contributed by atoms with van der Waals surface area (Å²) in [5.74, 6) is -0.120. The van der Waals surface area contributed by atoms with Gasteiger partial charge in [0.15, 0.2) is 5.78 Å². The summed E-state index contributed by atoms with van der Waals surface area (Å²) < 4.78 is 0.941. The molecular formula is C24H23BrN2O2. The highest BCUT2D eigenvalue weighted by molar-refractivity contribution is 9.10. The number of aryl methyl sites for hydroxylation is 2. The third kappa shape index (κ3) is 5.61. The third-order valence-corrected chi connectivity index (χ3v) is 5.41. The predicted octanol–water partition coefficient (Wildman–Crippen LogP) is 5.66. The highest BCUT2D eigenvalue weighted by atomic mass is 79.9. The number of hydrogen-bond acceptors (Lipinski definition) is 3. The van der Waals surface area contributed by atoms with Crippen molar-refractivity contribution in [1.82, 2.24) is 4.98 Å². The first-order chi connectivity index (χ1) is 13.9. The van der Waals surface area contributed by atoms with E-state index in [9.17, 15) is 9.59 Å². The summed E-state index contributed by atoms with van der Waals surface area (Å²) in [6, 6.07) is 18.9. The smallest absolute Gasteiger partial charge is 0.227 e. The van der Waals surface area contributed by atoms with E-state index in [1.54, 1.807) is 11.1 Å². The molecule has 0 spiro atoms. The standard InChI is InChI=1S/C24H23BrN2O2/c1-17-6-7-19(15-18(17)2)23(28)12-13-24(29)27(16-21-5-3-4-14-26-21)22-10-8-20(25)9-11-22/h3-11,14-15H,12-13,16H2,1-2H3. The first kappa shape index (κ1) is 20.9. The van der Waals surface area contributed by atoms with Crippen LogP contribution in [0.15, 0.2) is 71.3 Å². The number of ketones is 1. The molecule has 3 rings (SSSR count). The van der Waals surface area contributed by atoms with E-state index in [2.05, 4.69) is 20.9 Å². The predicted molar refractivity (Wildman–Crippen MR) is 119 cm³/mol. The van der Waals surface area contributed by atoms with Crippen molar-refractivity contribution in [3.8, 4) is 0 Å². The largest absolute Gasteiger partial charge is 0.306 e. The van der Waals surface area contributed by atoms with E-state index in [4.69, 9.17) is 0 Å². The average Bonchev–Trinajstić information content (AvgIpc) is 2.73. The van der Waals surface area contributed by atoms with E-state index in [1.807, 2.05) is 74.5 Å². The van der Waals surface area contributed by atoms with Gasteiger partial charge < -0.3 is 4.90 Å². The van der Waals surface area contributed by atoms with E-state index in [0.29, 0.717) is 12.1 Å². The van der Waals surface area contributed by atoms with Crippen molar-refractivity contribution in [2.45, 2.75) is 33.2 Å². The minimum Gasteiger partial charge on any atom is -0.306 e. The van der Waals surface area contributed by atoms with Crippen molar-refractivity contribution in [2.75, 3.05) is 4.90 Å². The van der Waals surface area contributed by atoms with E-state index in [-0.39, 0.29) is 24.5 Å². The fourth-order valence-electron chi connectivity index (χ4n) is 3.01. The monoisotopic (exact) mass is 450 g/mol. The van der Waals surface area contributed by atoms with Crippen molar-refractivity contribution in [3.05, 3.63) is 93.7 Å². The van der Waals surface area contributed by atoms with Gasteiger partial charge in [0.25, 0.3) is 0 Å². The molecule has 0 aliphatic heterocycles. The number of carbonyl (C=O) groups excluding carboxylic acids is 2. The van der Waals surface area contributed by atoms with E-state index in [0.717, 1.165) is 27.0 Å². The first-order valence-corrected chi connectivity index (χ1v) is 10.3. The van der Waals surface area contributed by atoms with E-state index < -0.39 is 0 Å². The minimum atomic E-state index is -0.102. The van der Waals surface area contributed by atoms with Crippen LogP contribution in [0.3, 0.4) is 0 Å². The number of benzene rings is 2. The van der Waals surface area contributed by atoms with Crippen LogP contribution in [0.4, 0.5) is 5.69 Å². The Balaban J connectivity index is 1.74. The second kappa shape index (κ2) is 9.61. The Morgan fingerprint density at radius 3 is 2.34 bits per heavy atom. The van der Waals surface area contributed by atoms with Crippen molar-refractivity contribution in [2.24, 2.45) is 0 Å². The van der Waals surface area contributed by atoms with Crippen LogP contribution in [0.25, 0.3) is 0 Å². The van der Waals surface area contributed by atoms with Crippen molar-refractivity contribution < 1.29 is 9.59 Å². The summed E-state index contributed by atoms with van der Waals surface area (Å²) in [7, 11) is 0. The van der Waals surface area contributed by atoms with Crippen LogP contribution in [0.5, 0.6) is 0 Å². The SMILES string of the molecule is Cc1ccc(C(=O)CCC(=O)N(Cc2ccccn2)c2ccc(Br)cc2)cc1C. The zero-order chi connectivity index (χ0) is 20.8. The number of rotatable bonds is 7. The summed E-state index contributed by atoms with van der Waals surface area (Å²) in [5.41, 5.74) is 4.45. The summed E-state index contributed by atoms with van der Waals surface area (Å²) in [6.45, 7) is 4.36. The molecule has 1 aromatic heterocycles. The zero-order valence-electron chi connectivity index (χ0n) is 16.6. The van der Waals surface area contributed by atoms with Gasteiger partial charge in [-0.2, -0.15) is 0 Å². The molecule has 4 nitrogen and oxygen atoms in total. The molecule has 0 bridgehead atoms. The summed E-state index contributed by atoms with van der Waals surface area (Å²) >= 11 is 3.42. The van der Waals surface area contributed by atoms with Gasteiger partial charge in [-0.15, -0.1) is 0 Å². The van der Waals surface area contributed by atoms with Crippen LogP contribution < -0.4 is 4.90 Å². The van der Waals surface area contributed by atoms with Crippen LogP contribution in [0.2, 0.25) is 0 Å². The van der Waals surface area contributed by atoms with Crippen molar-refractivity contribution in [1.29, 1.82) is 0 Å². The molecular weight excluding hydrogens is 428 g/mol. The second-order valence-electron chi connectivity index (χ2n) is 7.00. The lowest BCUT2D eigenvalue weighted by molar-refractivity contribution is -0.118. The Hall–Kier alpha value is -2.79. The maximum Gasteiger partial charge on any atom is 0.227 e. The number of hydrogen-bond donors (Lipinski definition) is 0. The zero-order valence-corrected chi connectivity index (χ0v) is 18.1. The maximum absolute atomic E-state index is 13.0. The van der Waals surface area contributed by atoms with Gasteiger partial charge in [-0.3, -0.25) is 14.6 Å². The molecule has 0 fully saturated rings.